The van der Waals surface area contributed by atoms with Crippen LogP contribution < -0.4 is 0 Å². The summed E-state index contributed by atoms with van der Waals surface area (Å²) in [5, 5.41) is 20.2. The van der Waals surface area contributed by atoms with Crippen molar-refractivity contribution in [1.29, 1.82) is 0 Å². The van der Waals surface area contributed by atoms with Gasteiger partial charge in [0.1, 0.15) is 11.5 Å². The number of phenols is 2. The highest BCUT2D eigenvalue weighted by Crippen LogP contribution is 2.51. The summed E-state index contributed by atoms with van der Waals surface area (Å²) in [5.74, 6) is -0.663. The summed E-state index contributed by atoms with van der Waals surface area (Å²) in [4.78, 5) is 0. The molecule has 0 heterocycles. The van der Waals surface area contributed by atoms with Gasteiger partial charge in [0.2, 0.25) is 0 Å². The van der Waals surface area contributed by atoms with Crippen molar-refractivity contribution in [3.8, 4) is 11.5 Å². The van der Waals surface area contributed by atoms with Gasteiger partial charge in [-0.05, 0) is 42.0 Å². The van der Waals surface area contributed by atoms with Crippen LogP contribution in [0.1, 0.15) is 16.7 Å². The Morgan fingerprint density at radius 3 is 1.93 bits per heavy atom. The number of phenolic OH excluding ortho intramolecular Hbond substituents is 2. The number of benzene rings is 3. The Morgan fingerprint density at radius 2 is 1.38 bits per heavy atom. The number of halogens is 4. The molecule has 0 aliphatic heterocycles. The van der Waals surface area contributed by atoms with Gasteiger partial charge in [-0.2, -0.15) is 8.42 Å². The minimum absolute atomic E-state index is 0.0318. The third-order valence-electron chi connectivity index (χ3n) is 4.37. The Bertz CT molecular complexity index is 1200. The van der Waals surface area contributed by atoms with Gasteiger partial charge in [0.05, 0.1) is 10.0 Å². The predicted octanol–water partition coefficient (Wildman–Crippen LogP) is 5.89. The van der Waals surface area contributed by atoms with Gasteiger partial charge in [0, 0.05) is 21.2 Å². The number of rotatable bonds is 4. The zero-order chi connectivity index (χ0) is 21.6. The quantitative estimate of drug-likeness (QED) is 0.239. The molecule has 0 aliphatic rings. The van der Waals surface area contributed by atoms with Gasteiger partial charge < -0.3 is 10.2 Å². The van der Waals surface area contributed by atoms with E-state index < -0.39 is 20.6 Å². The van der Waals surface area contributed by atoms with Crippen molar-refractivity contribution in [3.63, 3.8) is 0 Å². The van der Waals surface area contributed by atoms with E-state index in [-0.39, 0.29) is 42.5 Å². The summed E-state index contributed by atoms with van der Waals surface area (Å²) >= 11 is 24.5. The van der Waals surface area contributed by atoms with E-state index in [9.17, 15) is 23.2 Å². The van der Waals surface area contributed by atoms with Crippen LogP contribution in [-0.2, 0) is 14.9 Å². The molecule has 1 atom stereocenters. The van der Waals surface area contributed by atoms with E-state index in [0.717, 1.165) is 6.07 Å². The number of aromatic hydroxyl groups is 2. The summed E-state index contributed by atoms with van der Waals surface area (Å²) in [5.41, 5.74) is -0.464. The Labute approximate surface area is 186 Å². The van der Waals surface area contributed by atoms with E-state index >= 15 is 0 Å². The maximum Gasteiger partial charge on any atom is 0.283 e. The summed E-state index contributed by atoms with van der Waals surface area (Å²) in [7, 11) is -5.08. The zero-order valence-corrected chi connectivity index (χ0v) is 18.1. The van der Waals surface area contributed by atoms with Crippen molar-refractivity contribution in [2.24, 2.45) is 0 Å². The average Bonchev–Trinajstić information content (AvgIpc) is 2.61. The molecule has 0 saturated heterocycles. The molecule has 0 aromatic heterocycles. The highest BCUT2D eigenvalue weighted by atomic mass is 35.5. The van der Waals surface area contributed by atoms with E-state index in [4.69, 9.17) is 46.4 Å². The van der Waals surface area contributed by atoms with Gasteiger partial charge in [-0.15, -0.1) is 0 Å². The van der Waals surface area contributed by atoms with Crippen LogP contribution in [0.5, 0.6) is 11.5 Å². The first-order chi connectivity index (χ1) is 13.5. The van der Waals surface area contributed by atoms with Crippen LogP contribution in [0.25, 0.3) is 0 Å². The Morgan fingerprint density at radius 1 is 0.759 bits per heavy atom. The molecular formula is C19H12Cl4O5S. The van der Waals surface area contributed by atoms with E-state index in [0.29, 0.717) is 0 Å². The molecule has 0 spiro atoms. The van der Waals surface area contributed by atoms with Gasteiger partial charge in [-0.1, -0.05) is 64.6 Å². The van der Waals surface area contributed by atoms with E-state index in [1.54, 1.807) is 0 Å². The van der Waals surface area contributed by atoms with Crippen molar-refractivity contribution < 1.29 is 23.2 Å². The molecule has 5 nitrogen and oxygen atoms in total. The summed E-state index contributed by atoms with van der Waals surface area (Å²) in [6.07, 6.45) is 0. The fourth-order valence-corrected chi connectivity index (χ4v) is 5.48. The van der Waals surface area contributed by atoms with E-state index in [2.05, 4.69) is 0 Å². The lowest BCUT2D eigenvalue weighted by Crippen LogP contribution is -2.38. The third-order valence-corrected chi connectivity index (χ3v) is 7.08. The van der Waals surface area contributed by atoms with Crippen molar-refractivity contribution in [2.45, 2.75) is 4.75 Å². The van der Waals surface area contributed by atoms with Gasteiger partial charge in [-0.25, -0.2) is 0 Å². The average molecular weight is 494 g/mol. The second kappa shape index (κ2) is 7.87. The fourth-order valence-electron chi connectivity index (χ4n) is 3.19. The molecule has 10 heteroatoms. The lowest BCUT2D eigenvalue weighted by Gasteiger charge is -2.34. The highest BCUT2D eigenvalue weighted by Gasteiger charge is 2.51. The molecule has 0 radical (unpaired) electrons. The SMILES string of the molecule is O=S(=O)(O)C(c1ccc(O)cc1)(c1ccc(Cl)cc1O)c1cc(Cl)cc(Cl)c1Cl. The van der Waals surface area contributed by atoms with E-state index in [1.165, 1.54) is 48.5 Å². The molecule has 29 heavy (non-hydrogen) atoms. The monoisotopic (exact) mass is 492 g/mol. The van der Waals surface area contributed by atoms with Crippen LogP contribution in [0.3, 0.4) is 0 Å². The first kappa shape index (κ1) is 22.0. The normalized spacial score (nSPS) is 13.8. The Balaban J connectivity index is 2.61. The standard InChI is InChI=1S/C19H12Cl4O5S/c20-11-3-6-14(17(25)9-11)19(29(26,27)28,10-1-4-13(24)5-2-10)15-7-12(21)8-16(22)18(15)23/h1-9,24-25H,(H,26,27,28). The van der Waals surface area contributed by atoms with Crippen molar-refractivity contribution in [2.75, 3.05) is 0 Å². The van der Waals surface area contributed by atoms with Crippen LogP contribution in [0.2, 0.25) is 20.1 Å². The van der Waals surface area contributed by atoms with Crippen LogP contribution in [-0.4, -0.2) is 23.2 Å². The molecule has 0 saturated carbocycles. The van der Waals surface area contributed by atoms with E-state index in [1.807, 2.05) is 0 Å². The minimum atomic E-state index is -5.08. The molecule has 0 bridgehead atoms. The van der Waals surface area contributed by atoms with Crippen LogP contribution in [0.15, 0.2) is 54.6 Å². The Hall–Kier alpha value is -1.67. The van der Waals surface area contributed by atoms with Gasteiger partial charge in [-0.3, -0.25) is 4.55 Å². The number of hydrogen-bond donors (Lipinski definition) is 3. The fraction of sp³-hybridized carbons (Fsp3) is 0.0526. The lowest BCUT2D eigenvalue weighted by molar-refractivity contribution is 0.440. The van der Waals surface area contributed by atoms with Gasteiger partial charge in [0.15, 0.2) is 4.75 Å². The van der Waals surface area contributed by atoms with Crippen molar-refractivity contribution in [1.82, 2.24) is 0 Å². The topological polar surface area (TPSA) is 94.8 Å². The largest absolute Gasteiger partial charge is 0.508 e. The molecule has 3 aromatic rings. The smallest absolute Gasteiger partial charge is 0.283 e. The second-order valence-corrected chi connectivity index (χ2v) is 9.33. The summed E-state index contributed by atoms with van der Waals surface area (Å²) in [6, 6.07) is 11.2. The molecule has 0 aliphatic carbocycles. The first-order valence-corrected chi connectivity index (χ1v) is 10.8. The lowest BCUT2D eigenvalue weighted by atomic mass is 9.83. The molecule has 3 aromatic carbocycles. The highest BCUT2D eigenvalue weighted by molar-refractivity contribution is 7.87. The maximum absolute atomic E-state index is 13.0. The molecule has 3 N–H and O–H groups in total. The number of hydrogen-bond acceptors (Lipinski definition) is 4. The summed E-state index contributed by atoms with van der Waals surface area (Å²) in [6.45, 7) is 0. The molecule has 3 rings (SSSR count). The maximum atomic E-state index is 13.0. The zero-order valence-electron chi connectivity index (χ0n) is 14.3. The Kier molecular flexibility index (Phi) is 5.98. The molecule has 152 valence electrons. The molecule has 0 fully saturated rings. The van der Waals surface area contributed by atoms with Crippen LogP contribution in [0, 0.1) is 0 Å². The molecular weight excluding hydrogens is 482 g/mol. The van der Waals surface area contributed by atoms with Gasteiger partial charge in [0.25, 0.3) is 10.1 Å². The van der Waals surface area contributed by atoms with Gasteiger partial charge >= 0.3 is 0 Å². The molecule has 0 amide bonds. The third kappa shape index (κ3) is 3.77. The van der Waals surface area contributed by atoms with Crippen LogP contribution >= 0.6 is 46.4 Å². The predicted molar refractivity (Wildman–Crippen MR) is 114 cm³/mol. The van der Waals surface area contributed by atoms with Crippen molar-refractivity contribution in [3.05, 3.63) is 91.4 Å². The minimum Gasteiger partial charge on any atom is -0.508 e. The van der Waals surface area contributed by atoms with Crippen LogP contribution in [0.4, 0.5) is 0 Å². The first-order valence-electron chi connectivity index (χ1n) is 7.89. The molecule has 1 unspecified atom stereocenters. The summed E-state index contributed by atoms with van der Waals surface area (Å²) < 4.78 is 34.0. The second-order valence-electron chi connectivity index (χ2n) is 6.11. The van der Waals surface area contributed by atoms with Crippen molar-refractivity contribution >= 4 is 56.5 Å².